The summed E-state index contributed by atoms with van der Waals surface area (Å²) in [5.41, 5.74) is 0.240. The summed E-state index contributed by atoms with van der Waals surface area (Å²) >= 11 is 0. The minimum Gasteiger partial charge on any atom is -0.326 e. The van der Waals surface area contributed by atoms with Crippen molar-refractivity contribution >= 4 is 34.9 Å². The van der Waals surface area contributed by atoms with E-state index in [1.54, 1.807) is 24.3 Å². The van der Waals surface area contributed by atoms with Gasteiger partial charge in [0, 0.05) is 30.3 Å². The van der Waals surface area contributed by atoms with E-state index in [1.807, 2.05) is 0 Å². The molecule has 0 radical (unpaired) electrons. The number of nitrogens with one attached hydrogen (secondary N) is 1. The van der Waals surface area contributed by atoms with Crippen LogP contribution in [-0.4, -0.2) is 39.9 Å². The summed E-state index contributed by atoms with van der Waals surface area (Å²) < 4.78 is 0. The van der Waals surface area contributed by atoms with Gasteiger partial charge in [-0.3, -0.25) is 34.2 Å². The maximum Gasteiger partial charge on any atom is 0.282 e. The number of fused-ring (bicyclic) bond motifs is 1. The molecule has 2 aromatic rings. The molecule has 3 rings (SSSR count). The van der Waals surface area contributed by atoms with Crippen molar-refractivity contribution in [1.82, 2.24) is 4.90 Å². The third-order valence-electron chi connectivity index (χ3n) is 4.31. The molecule has 1 heterocycles. The molecule has 0 aromatic heterocycles. The molecule has 0 unspecified atom stereocenters. The van der Waals surface area contributed by atoms with Gasteiger partial charge in [0.05, 0.1) is 10.5 Å². The molecule has 0 atom stereocenters. The number of carbonyl (C=O) groups is 4. The first kappa shape index (κ1) is 18.9. The average Bonchev–Trinajstić information content (AvgIpc) is 2.91. The molecule has 0 saturated carbocycles. The predicted molar refractivity (Wildman–Crippen MR) is 98.2 cm³/mol. The molecule has 142 valence electrons. The lowest BCUT2D eigenvalue weighted by molar-refractivity contribution is -0.385. The van der Waals surface area contributed by atoms with Crippen LogP contribution in [0.5, 0.6) is 0 Å². The van der Waals surface area contributed by atoms with E-state index in [0.717, 1.165) is 11.0 Å². The number of hydrogen-bond acceptors (Lipinski definition) is 6. The van der Waals surface area contributed by atoms with E-state index < -0.39 is 28.3 Å². The lowest BCUT2D eigenvalue weighted by Crippen LogP contribution is -2.33. The molecule has 0 bridgehead atoms. The SMILES string of the molecule is CC(=O)c1ccc(NC(=O)CCN2C(=O)c3cccc([N+](=O)[O-])c3C2=O)cc1. The first-order chi connectivity index (χ1) is 13.3. The molecule has 3 amide bonds. The van der Waals surface area contributed by atoms with E-state index in [9.17, 15) is 29.3 Å². The Balaban J connectivity index is 1.66. The minimum atomic E-state index is -0.786. The minimum absolute atomic E-state index is 0.0422. The molecular formula is C19H15N3O6. The monoisotopic (exact) mass is 381 g/mol. The van der Waals surface area contributed by atoms with Gasteiger partial charge in [0.15, 0.2) is 5.78 Å². The van der Waals surface area contributed by atoms with Gasteiger partial charge in [0.25, 0.3) is 17.5 Å². The normalized spacial score (nSPS) is 12.7. The number of ketones is 1. The quantitative estimate of drug-likeness (QED) is 0.354. The Bertz CT molecular complexity index is 1010. The molecule has 0 saturated heterocycles. The van der Waals surface area contributed by atoms with Gasteiger partial charge in [-0.15, -0.1) is 0 Å². The van der Waals surface area contributed by atoms with Crippen LogP contribution in [0.4, 0.5) is 11.4 Å². The van der Waals surface area contributed by atoms with Crippen LogP contribution in [0.3, 0.4) is 0 Å². The fraction of sp³-hybridized carbons (Fsp3) is 0.158. The van der Waals surface area contributed by atoms with Crippen LogP contribution in [0.1, 0.15) is 44.4 Å². The highest BCUT2D eigenvalue weighted by Gasteiger charge is 2.40. The van der Waals surface area contributed by atoms with Crippen molar-refractivity contribution in [1.29, 1.82) is 0 Å². The second-order valence-corrected chi connectivity index (χ2v) is 6.15. The number of carbonyl (C=O) groups excluding carboxylic acids is 4. The molecule has 0 aliphatic carbocycles. The van der Waals surface area contributed by atoms with Crippen molar-refractivity contribution in [2.24, 2.45) is 0 Å². The van der Waals surface area contributed by atoms with Gasteiger partial charge < -0.3 is 5.32 Å². The summed E-state index contributed by atoms with van der Waals surface area (Å²) in [6, 6.07) is 10.1. The van der Waals surface area contributed by atoms with E-state index in [2.05, 4.69) is 5.32 Å². The molecule has 1 N–H and O–H groups in total. The Morgan fingerprint density at radius 2 is 1.75 bits per heavy atom. The number of anilines is 1. The van der Waals surface area contributed by atoms with Crippen molar-refractivity contribution in [3.63, 3.8) is 0 Å². The highest BCUT2D eigenvalue weighted by atomic mass is 16.6. The summed E-state index contributed by atoms with van der Waals surface area (Å²) in [5.74, 6) is -1.99. The van der Waals surface area contributed by atoms with Gasteiger partial charge in [-0.2, -0.15) is 0 Å². The van der Waals surface area contributed by atoms with Crippen molar-refractivity contribution in [2.45, 2.75) is 13.3 Å². The van der Waals surface area contributed by atoms with Crippen LogP contribution in [0, 0.1) is 10.1 Å². The van der Waals surface area contributed by atoms with Crippen molar-refractivity contribution < 1.29 is 24.1 Å². The maximum absolute atomic E-state index is 12.4. The third kappa shape index (κ3) is 3.50. The molecule has 9 heteroatoms. The van der Waals surface area contributed by atoms with Crippen LogP contribution < -0.4 is 5.32 Å². The molecule has 1 aliphatic rings. The molecule has 0 fully saturated rings. The molecule has 28 heavy (non-hydrogen) atoms. The van der Waals surface area contributed by atoms with E-state index in [-0.39, 0.29) is 29.9 Å². The van der Waals surface area contributed by atoms with Crippen LogP contribution in [0.25, 0.3) is 0 Å². The van der Waals surface area contributed by atoms with E-state index in [1.165, 1.54) is 19.1 Å². The number of nitro benzene ring substituents is 1. The number of Topliss-reactive ketones (excluding diaryl/α,β-unsaturated/α-hetero) is 1. The zero-order valence-corrected chi connectivity index (χ0v) is 14.8. The van der Waals surface area contributed by atoms with Gasteiger partial charge in [0.2, 0.25) is 5.91 Å². The highest BCUT2D eigenvalue weighted by molar-refractivity contribution is 6.23. The molecular weight excluding hydrogens is 366 g/mol. The van der Waals surface area contributed by atoms with Crippen molar-refractivity contribution in [3.05, 3.63) is 69.3 Å². The van der Waals surface area contributed by atoms with Gasteiger partial charge >= 0.3 is 0 Å². The fourth-order valence-corrected chi connectivity index (χ4v) is 2.90. The Hall–Kier alpha value is -3.88. The van der Waals surface area contributed by atoms with Gasteiger partial charge in [-0.1, -0.05) is 6.07 Å². The Kier molecular flexibility index (Phi) is 4.99. The van der Waals surface area contributed by atoms with Gasteiger partial charge in [0.1, 0.15) is 5.56 Å². The number of benzene rings is 2. The lowest BCUT2D eigenvalue weighted by Gasteiger charge is -2.13. The molecule has 1 aliphatic heterocycles. The van der Waals surface area contributed by atoms with E-state index in [0.29, 0.717) is 11.3 Å². The number of amides is 3. The van der Waals surface area contributed by atoms with Crippen LogP contribution in [-0.2, 0) is 4.79 Å². The summed E-state index contributed by atoms with van der Waals surface area (Å²) in [7, 11) is 0. The summed E-state index contributed by atoms with van der Waals surface area (Å²) in [6.07, 6.45) is -0.173. The second-order valence-electron chi connectivity index (χ2n) is 6.15. The third-order valence-corrected chi connectivity index (χ3v) is 4.31. The summed E-state index contributed by atoms with van der Waals surface area (Å²) in [6.45, 7) is 1.22. The zero-order valence-electron chi connectivity index (χ0n) is 14.8. The van der Waals surface area contributed by atoms with Gasteiger partial charge in [-0.25, -0.2) is 0 Å². The standard InChI is InChI=1S/C19H15N3O6/c1-11(23)12-5-7-13(8-6-12)20-16(24)9-10-21-18(25)14-3-2-4-15(22(27)28)17(14)19(21)26/h2-8H,9-10H2,1H3,(H,20,24). The molecule has 0 spiro atoms. The Labute approximate surface area is 159 Å². The van der Waals surface area contributed by atoms with Crippen LogP contribution >= 0.6 is 0 Å². The number of rotatable bonds is 6. The number of hydrogen-bond donors (Lipinski definition) is 1. The maximum atomic E-state index is 12.4. The predicted octanol–water partition coefficient (Wildman–Crippen LogP) is 2.42. The first-order valence-corrected chi connectivity index (χ1v) is 8.34. The summed E-state index contributed by atoms with van der Waals surface area (Å²) in [4.78, 5) is 59.4. The molecule has 2 aromatic carbocycles. The first-order valence-electron chi connectivity index (χ1n) is 8.34. The van der Waals surface area contributed by atoms with Crippen molar-refractivity contribution in [2.75, 3.05) is 11.9 Å². The second kappa shape index (κ2) is 7.39. The smallest absolute Gasteiger partial charge is 0.282 e. The number of nitrogens with zero attached hydrogens (tertiary/aromatic N) is 2. The zero-order chi connectivity index (χ0) is 20.4. The molecule has 9 nitrogen and oxygen atoms in total. The Morgan fingerprint density at radius 1 is 1.07 bits per heavy atom. The number of imide groups is 1. The van der Waals surface area contributed by atoms with E-state index >= 15 is 0 Å². The van der Waals surface area contributed by atoms with Crippen LogP contribution in [0.15, 0.2) is 42.5 Å². The fourth-order valence-electron chi connectivity index (χ4n) is 2.90. The topological polar surface area (TPSA) is 127 Å². The van der Waals surface area contributed by atoms with E-state index in [4.69, 9.17) is 0 Å². The Morgan fingerprint density at radius 3 is 2.36 bits per heavy atom. The highest BCUT2D eigenvalue weighted by Crippen LogP contribution is 2.30. The number of nitro groups is 1. The average molecular weight is 381 g/mol. The summed E-state index contributed by atoms with van der Waals surface area (Å²) in [5, 5.41) is 13.7. The van der Waals surface area contributed by atoms with Crippen LogP contribution in [0.2, 0.25) is 0 Å². The largest absolute Gasteiger partial charge is 0.326 e. The lowest BCUT2D eigenvalue weighted by atomic mass is 10.1. The van der Waals surface area contributed by atoms with Crippen molar-refractivity contribution in [3.8, 4) is 0 Å². The van der Waals surface area contributed by atoms with Gasteiger partial charge in [-0.05, 0) is 37.3 Å².